The summed E-state index contributed by atoms with van der Waals surface area (Å²) < 4.78 is 6.14. The fraction of sp³-hybridized carbons (Fsp3) is 0.593. The largest absolute Gasteiger partial charge is 0.511 e. The van der Waals surface area contributed by atoms with E-state index in [0.717, 1.165) is 34.4 Å². The third-order valence-electron chi connectivity index (χ3n) is 6.96. The van der Waals surface area contributed by atoms with Crippen molar-refractivity contribution < 1.29 is 19.7 Å². The van der Waals surface area contributed by atoms with Gasteiger partial charge in [-0.25, -0.2) is 4.79 Å². The Morgan fingerprint density at radius 2 is 2.00 bits per heavy atom. The number of hydrogen-bond donors (Lipinski definition) is 2. The number of cyclic esters (lactones) is 1. The summed E-state index contributed by atoms with van der Waals surface area (Å²) in [7, 11) is 0. The fourth-order valence-electron chi connectivity index (χ4n) is 4.51. The van der Waals surface area contributed by atoms with E-state index in [0.29, 0.717) is 17.6 Å². The second-order valence-electron chi connectivity index (χ2n) is 10.7. The summed E-state index contributed by atoms with van der Waals surface area (Å²) in [5, 5.41) is 23.5. The standard InChI is InChI=1S/C27H38O4S2/c1-16(2)27(10-8-22-17(3)9-11-32-22)14-21(29)24(25(30)31-27)33-23-12-18(4)19(15-28)13-20(23)26(5,6)7/h9,11-13,16-17,22,28-29H,8,10,14-15H2,1-7H3. The number of allylic oxidation sites excluding steroid dienone is 1. The third-order valence-corrected chi connectivity index (χ3v) is 9.46. The van der Waals surface area contributed by atoms with Gasteiger partial charge < -0.3 is 14.9 Å². The van der Waals surface area contributed by atoms with Gasteiger partial charge in [0.05, 0.1) is 6.61 Å². The molecule has 0 radical (unpaired) electrons. The van der Waals surface area contributed by atoms with E-state index < -0.39 is 11.6 Å². The summed E-state index contributed by atoms with van der Waals surface area (Å²) in [6.45, 7) is 14.6. The SMILES string of the molecule is Cc1cc(SC2=C(O)CC(CCC3SC=CC3C)(C(C)C)OC2=O)c(C(C)(C)C)cc1CO. The van der Waals surface area contributed by atoms with E-state index in [1.165, 1.54) is 11.8 Å². The Bertz CT molecular complexity index is 958. The third kappa shape index (κ3) is 5.66. The molecule has 0 bridgehead atoms. The first-order valence-electron chi connectivity index (χ1n) is 11.8. The fourth-order valence-corrected chi connectivity index (χ4v) is 6.89. The van der Waals surface area contributed by atoms with Gasteiger partial charge in [-0.15, -0.1) is 11.8 Å². The van der Waals surface area contributed by atoms with Crippen LogP contribution in [0.1, 0.15) is 77.5 Å². The molecule has 1 aromatic carbocycles. The number of rotatable bonds is 7. The van der Waals surface area contributed by atoms with E-state index >= 15 is 0 Å². The highest BCUT2D eigenvalue weighted by molar-refractivity contribution is 8.04. The van der Waals surface area contributed by atoms with Crippen LogP contribution >= 0.6 is 23.5 Å². The highest BCUT2D eigenvalue weighted by Gasteiger charge is 2.45. The molecule has 6 heteroatoms. The van der Waals surface area contributed by atoms with Crippen molar-refractivity contribution in [3.8, 4) is 0 Å². The monoisotopic (exact) mass is 490 g/mol. The van der Waals surface area contributed by atoms with Crippen molar-refractivity contribution in [2.24, 2.45) is 11.8 Å². The Kier molecular flexibility index (Phi) is 8.02. The maximum absolute atomic E-state index is 13.2. The number of aryl methyl sites for hydroxylation is 1. The quantitative estimate of drug-likeness (QED) is 0.400. The molecule has 3 rings (SSSR count). The first kappa shape index (κ1) is 26.2. The maximum Gasteiger partial charge on any atom is 0.349 e. The minimum Gasteiger partial charge on any atom is -0.511 e. The van der Waals surface area contributed by atoms with Crippen LogP contribution in [0.15, 0.2) is 39.2 Å². The molecule has 0 amide bonds. The Hall–Kier alpha value is -1.37. The second kappa shape index (κ2) is 10.1. The number of aliphatic hydroxyl groups is 2. The molecular formula is C27H38O4S2. The molecule has 2 N–H and O–H groups in total. The summed E-state index contributed by atoms with van der Waals surface area (Å²) in [5.41, 5.74) is 2.01. The molecule has 0 fully saturated rings. The van der Waals surface area contributed by atoms with Crippen LogP contribution in [0, 0.1) is 18.8 Å². The van der Waals surface area contributed by atoms with Gasteiger partial charge in [-0.3, -0.25) is 0 Å². The summed E-state index contributed by atoms with van der Waals surface area (Å²) in [6.07, 6.45) is 4.25. The minimum atomic E-state index is -0.683. The van der Waals surface area contributed by atoms with Crippen molar-refractivity contribution >= 4 is 29.5 Å². The highest BCUT2D eigenvalue weighted by Crippen LogP contribution is 2.46. The van der Waals surface area contributed by atoms with Gasteiger partial charge in [0.1, 0.15) is 16.3 Å². The predicted molar refractivity (Wildman–Crippen MR) is 139 cm³/mol. The van der Waals surface area contributed by atoms with Gasteiger partial charge in [0.15, 0.2) is 0 Å². The van der Waals surface area contributed by atoms with Crippen molar-refractivity contribution in [2.75, 3.05) is 0 Å². The minimum absolute atomic E-state index is 0.0276. The summed E-state index contributed by atoms with van der Waals surface area (Å²) in [5.74, 6) is 0.293. The molecule has 2 aliphatic rings. The summed E-state index contributed by atoms with van der Waals surface area (Å²) in [4.78, 5) is 14.4. The molecule has 33 heavy (non-hydrogen) atoms. The zero-order valence-corrected chi connectivity index (χ0v) is 22.5. The molecular weight excluding hydrogens is 452 g/mol. The number of thioether (sulfide) groups is 2. The Labute approximate surface area is 207 Å². The average Bonchev–Trinajstić information content (AvgIpc) is 3.13. The van der Waals surface area contributed by atoms with Gasteiger partial charge in [-0.2, -0.15) is 0 Å². The van der Waals surface area contributed by atoms with Gasteiger partial charge in [0.2, 0.25) is 0 Å². The first-order chi connectivity index (χ1) is 15.4. The molecule has 182 valence electrons. The van der Waals surface area contributed by atoms with Crippen LogP contribution < -0.4 is 0 Å². The van der Waals surface area contributed by atoms with E-state index in [4.69, 9.17) is 4.74 Å². The first-order valence-corrected chi connectivity index (χ1v) is 13.5. The lowest BCUT2D eigenvalue weighted by Gasteiger charge is -2.41. The van der Waals surface area contributed by atoms with Crippen molar-refractivity contribution in [1.29, 1.82) is 0 Å². The Morgan fingerprint density at radius 1 is 1.30 bits per heavy atom. The molecule has 2 heterocycles. The highest BCUT2D eigenvalue weighted by atomic mass is 32.2. The van der Waals surface area contributed by atoms with Crippen molar-refractivity contribution in [2.45, 2.75) is 95.5 Å². The van der Waals surface area contributed by atoms with Crippen molar-refractivity contribution in [1.82, 2.24) is 0 Å². The van der Waals surface area contributed by atoms with Crippen LogP contribution in [-0.4, -0.2) is 27.0 Å². The molecule has 1 aromatic rings. The molecule has 0 spiro atoms. The second-order valence-corrected chi connectivity index (χ2v) is 12.9. The topological polar surface area (TPSA) is 66.8 Å². The van der Waals surface area contributed by atoms with E-state index in [2.05, 4.69) is 53.0 Å². The molecule has 0 aliphatic carbocycles. The predicted octanol–water partition coefficient (Wildman–Crippen LogP) is 7.03. The normalized spacial score (nSPS) is 25.8. The van der Waals surface area contributed by atoms with Crippen LogP contribution in [0.4, 0.5) is 0 Å². The maximum atomic E-state index is 13.2. The molecule has 0 aromatic heterocycles. The number of hydrogen-bond acceptors (Lipinski definition) is 6. The molecule has 3 atom stereocenters. The lowest BCUT2D eigenvalue weighted by Crippen LogP contribution is -2.44. The molecule has 0 saturated heterocycles. The molecule has 2 aliphatic heterocycles. The number of ether oxygens (including phenoxy) is 1. The van der Waals surface area contributed by atoms with Gasteiger partial charge in [0, 0.05) is 16.6 Å². The summed E-state index contributed by atoms with van der Waals surface area (Å²) >= 11 is 3.13. The van der Waals surface area contributed by atoms with Crippen molar-refractivity contribution in [3.05, 3.63) is 51.0 Å². The summed E-state index contributed by atoms with van der Waals surface area (Å²) in [6, 6.07) is 4.01. The lowest BCUT2D eigenvalue weighted by atomic mass is 9.80. The van der Waals surface area contributed by atoms with Gasteiger partial charge in [-0.05, 0) is 65.2 Å². The Morgan fingerprint density at radius 3 is 2.52 bits per heavy atom. The van der Waals surface area contributed by atoms with Gasteiger partial charge >= 0.3 is 5.97 Å². The van der Waals surface area contributed by atoms with Crippen LogP contribution in [0.3, 0.4) is 0 Å². The average molecular weight is 491 g/mol. The van der Waals surface area contributed by atoms with Crippen LogP contribution in [0.5, 0.6) is 0 Å². The zero-order valence-electron chi connectivity index (χ0n) is 20.9. The zero-order chi connectivity index (χ0) is 24.6. The molecule has 3 unspecified atom stereocenters. The van der Waals surface area contributed by atoms with Crippen LogP contribution in [0.2, 0.25) is 0 Å². The smallest absolute Gasteiger partial charge is 0.349 e. The van der Waals surface area contributed by atoms with Crippen LogP contribution in [0.25, 0.3) is 0 Å². The van der Waals surface area contributed by atoms with E-state index in [1.54, 1.807) is 0 Å². The molecule has 4 nitrogen and oxygen atoms in total. The lowest BCUT2D eigenvalue weighted by molar-refractivity contribution is -0.164. The van der Waals surface area contributed by atoms with E-state index in [-0.39, 0.29) is 28.6 Å². The van der Waals surface area contributed by atoms with E-state index in [1.807, 2.05) is 30.8 Å². The number of esters is 1. The number of carbonyl (C=O) groups excluding carboxylic acids is 1. The van der Waals surface area contributed by atoms with E-state index in [9.17, 15) is 15.0 Å². The number of benzene rings is 1. The van der Waals surface area contributed by atoms with Crippen LogP contribution in [-0.2, 0) is 21.6 Å². The van der Waals surface area contributed by atoms with Gasteiger partial charge in [-0.1, -0.05) is 65.4 Å². The number of carbonyl (C=O) groups is 1. The number of aliphatic hydroxyl groups excluding tert-OH is 2. The van der Waals surface area contributed by atoms with Gasteiger partial charge in [0.25, 0.3) is 0 Å². The molecule has 0 saturated carbocycles. The van der Waals surface area contributed by atoms with Crippen molar-refractivity contribution in [3.63, 3.8) is 0 Å². The Balaban J connectivity index is 1.89.